The highest BCUT2D eigenvalue weighted by molar-refractivity contribution is 7.98. The summed E-state index contributed by atoms with van der Waals surface area (Å²) in [6.45, 7) is 0. The molecular formula is C12H9ClN4S. The minimum Gasteiger partial charge on any atom is -0.382 e. The van der Waals surface area contributed by atoms with Gasteiger partial charge in [-0.15, -0.1) is 0 Å². The van der Waals surface area contributed by atoms with E-state index in [1.54, 1.807) is 0 Å². The first-order valence-corrected chi connectivity index (χ1v) is 6.45. The highest BCUT2D eigenvalue weighted by Crippen LogP contribution is 2.22. The third-order valence-electron chi connectivity index (χ3n) is 2.17. The summed E-state index contributed by atoms with van der Waals surface area (Å²) in [6, 6.07) is 9.52. The molecule has 2 N–H and O–H groups in total. The van der Waals surface area contributed by atoms with E-state index in [1.165, 1.54) is 18.0 Å². The maximum atomic E-state index is 8.72. The van der Waals surface area contributed by atoms with E-state index in [2.05, 4.69) is 9.97 Å². The van der Waals surface area contributed by atoms with Crippen LogP contribution in [0.25, 0.3) is 0 Å². The summed E-state index contributed by atoms with van der Waals surface area (Å²) < 4.78 is 0. The summed E-state index contributed by atoms with van der Waals surface area (Å²) in [5.74, 6) is 0.910. The predicted molar refractivity (Wildman–Crippen MR) is 72.2 cm³/mol. The largest absolute Gasteiger partial charge is 0.382 e. The van der Waals surface area contributed by atoms with Crippen LogP contribution >= 0.6 is 23.4 Å². The average molecular weight is 277 g/mol. The fraction of sp³-hybridized carbons (Fsp3) is 0.0833. The van der Waals surface area contributed by atoms with Crippen LogP contribution in [0.5, 0.6) is 0 Å². The highest BCUT2D eigenvalue weighted by atomic mass is 35.5. The van der Waals surface area contributed by atoms with E-state index in [-0.39, 0.29) is 5.82 Å². The molecule has 18 heavy (non-hydrogen) atoms. The molecule has 1 aromatic carbocycles. The Balaban J connectivity index is 2.07. The van der Waals surface area contributed by atoms with Gasteiger partial charge in [0.2, 0.25) is 0 Å². The van der Waals surface area contributed by atoms with Crippen LogP contribution in [-0.2, 0) is 5.75 Å². The minimum absolute atomic E-state index is 0.209. The molecule has 0 bridgehead atoms. The topological polar surface area (TPSA) is 75.6 Å². The number of nitrogens with zero attached hydrogens (tertiary/aromatic N) is 3. The first-order valence-electron chi connectivity index (χ1n) is 5.09. The Kier molecular flexibility index (Phi) is 4.03. The van der Waals surface area contributed by atoms with Crippen molar-refractivity contribution < 1.29 is 0 Å². The Morgan fingerprint density at radius 1 is 1.44 bits per heavy atom. The van der Waals surface area contributed by atoms with Crippen LogP contribution in [0.4, 0.5) is 5.82 Å². The van der Waals surface area contributed by atoms with Gasteiger partial charge in [-0.25, -0.2) is 9.97 Å². The number of hydrogen-bond acceptors (Lipinski definition) is 5. The summed E-state index contributed by atoms with van der Waals surface area (Å²) in [5.41, 5.74) is 6.99. The lowest BCUT2D eigenvalue weighted by atomic mass is 10.2. The second-order valence-corrected chi connectivity index (χ2v) is 4.86. The Hall–Kier alpha value is -1.77. The molecule has 0 fully saturated rings. The zero-order valence-electron chi connectivity index (χ0n) is 9.30. The molecule has 0 aliphatic carbocycles. The highest BCUT2D eigenvalue weighted by Gasteiger charge is 2.04. The number of aromatic nitrogens is 2. The summed E-state index contributed by atoms with van der Waals surface area (Å²) in [5, 5.41) is 9.97. The molecule has 0 radical (unpaired) electrons. The quantitative estimate of drug-likeness (QED) is 0.689. The van der Waals surface area contributed by atoms with E-state index in [1.807, 2.05) is 30.3 Å². The molecule has 0 aliphatic rings. The number of halogens is 1. The Bertz CT molecular complexity index is 609. The predicted octanol–water partition coefficient (Wildman–Crippen LogP) is 2.88. The summed E-state index contributed by atoms with van der Waals surface area (Å²) >= 11 is 7.34. The number of nitrogen functional groups attached to an aromatic ring is 1. The first kappa shape index (κ1) is 12.7. The molecule has 90 valence electrons. The molecule has 4 nitrogen and oxygen atoms in total. The number of benzene rings is 1. The second kappa shape index (κ2) is 5.71. The second-order valence-electron chi connectivity index (χ2n) is 3.48. The van der Waals surface area contributed by atoms with Crippen molar-refractivity contribution in [3.05, 3.63) is 46.6 Å². The van der Waals surface area contributed by atoms with Crippen molar-refractivity contribution in [2.45, 2.75) is 10.9 Å². The van der Waals surface area contributed by atoms with Crippen LogP contribution in [0.3, 0.4) is 0 Å². The molecule has 6 heteroatoms. The molecular weight excluding hydrogens is 268 g/mol. The van der Waals surface area contributed by atoms with Gasteiger partial charge in [-0.05, 0) is 17.7 Å². The maximum absolute atomic E-state index is 8.72. The SMILES string of the molecule is N#Cc1cnc(SCc2cccc(Cl)c2)nc1N. The summed E-state index contributed by atoms with van der Waals surface area (Å²) in [7, 11) is 0. The molecule has 1 heterocycles. The van der Waals surface area contributed by atoms with Gasteiger partial charge >= 0.3 is 0 Å². The first-order chi connectivity index (χ1) is 8.69. The molecule has 0 unspecified atom stereocenters. The third-order valence-corrected chi connectivity index (χ3v) is 3.34. The monoisotopic (exact) mass is 276 g/mol. The lowest BCUT2D eigenvalue weighted by Crippen LogP contribution is -1.98. The number of rotatable bonds is 3. The van der Waals surface area contributed by atoms with E-state index < -0.39 is 0 Å². The van der Waals surface area contributed by atoms with E-state index in [9.17, 15) is 0 Å². The van der Waals surface area contributed by atoms with Crippen LogP contribution in [0.1, 0.15) is 11.1 Å². The van der Waals surface area contributed by atoms with Gasteiger partial charge in [0, 0.05) is 10.8 Å². The van der Waals surface area contributed by atoms with Crippen LogP contribution in [0.15, 0.2) is 35.6 Å². The van der Waals surface area contributed by atoms with Crippen LogP contribution in [-0.4, -0.2) is 9.97 Å². The average Bonchev–Trinajstić information content (AvgIpc) is 2.37. The van der Waals surface area contributed by atoms with Gasteiger partial charge in [-0.3, -0.25) is 0 Å². The van der Waals surface area contributed by atoms with Gasteiger partial charge < -0.3 is 5.73 Å². The molecule has 1 aromatic heterocycles. The van der Waals surface area contributed by atoms with Gasteiger partial charge in [0.25, 0.3) is 0 Å². The fourth-order valence-corrected chi connectivity index (χ4v) is 2.29. The van der Waals surface area contributed by atoms with Gasteiger partial charge in [0.15, 0.2) is 5.16 Å². The zero-order valence-corrected chi connectivity index (χ0v) is 10.9. The number of thioether (sulfide) groups is 1. The van der Waals surface area contributed by atoms with Crippen molar-refractivity contribution in [1.29, 1.82) is 5.26 Å². The molecule has 0 amide bonds. The zero-order chi connectivity index (χ0) is 13.0. The number of hydrogen-bond donors (Lipinski definition) is 1. The van der Waals surface area contributed by atoms with Crippen molar-refractivity contribution in [1.82, 2.24) is 9.97 Å². The van der Waals surface area contributed by atoms with Gasteiger partial charge in [0.1, 0.15) is 17.5 Å². The minimum atomic E-state index is 0.209. The van der Waals surface area contributed by atoms with Crippen molar-refractivity contribution in [2.75, 3.05) is 5.73 Å². The fourth-order valence-electron chi connectivity index (χ4n) is 1.31. The Morgan fingerprint density at radius 2 is 2.28 bits per heavy atom. The van der Waals surface area contributed by atoms with Crippen molar-refractivity contribution >= 4 is 29.2 Å². The lowest BCUT2D eigenvalue weighted by Gasteiger charge is -2.02. The van der Waals surface area contributed by atoms with Gasteiger partial charge in [-0.2, -0.15) is 5.26 Å². The molecule has 0 aliphatic heterocycles. The number of nitrogens with two attached hydrogens (primary N) is 1. The summed E-state index contributed by atoms with van der Waals surface area (Å²) in [6.07, 6.45) is 1.43. The van der Waals surface area contributed by atoms with Gasteiger partial charge in [-0.1, -0.05) is 35.5 Å². The summed E-state index contributed by atoms with van der Waals surface area (Å²) in [4.78, 5) is 8.12. The van der Waals surface area contributed by atoms with E-state index in [0.29, 0.717) is 21.5 Å². The molecule has 0 atom stereocenters. The van der Waals surface area contributed by atoms with E-state index >= 15 is 0 Å². The third kappa shape index (κ3) is 3.13. The van der Waals surface area contributed by atoms with Crippen molar-refractivity contribution in [3.8, 4) is 6.07 Å². The van der Waals surface area contributed by atoms with Crippen molar-refractivity contribution in [3.63, 3.8) is 0 Å². The van der Waals surface area contributed by atoms with Crippen LogP contribution in [0.2, 0.25) is 5.02 Å². The molecule has 0 spiro atoms. The lowest BCUT2D eigenvalue weighted by molar-refractivity contribution is 0.969. The number of anilines is 1. The smallest absolute Gasteiger partial charge is 0.189 e. The standard InChI is InChI=1S/C12H9ClN4S/c13-10-3-1-2-8(4-10)7-18-12-16-6-9(5-14)11(15)17-12/h1-4,6H,7H2,(H2,15,16,17). The van der Waals surface area contributed by atoms with Crippen LogP contribution < -0.4 is 5.73 Å². The Morgan fingerprint density at radius 3 is 2.94 bits per heavy atom. The van der Waals surface area contributed by atoms with E-state index in [4.69, 9.17) is 22.6 Å². The molecule has 2 aromatic rings. The molecule has 0 saturated carbocycles. The van der Waals surface area contributed by atoms with Gasteiger partial charge in [0.05, 0.1) is 6.20 Å². The van der Waals surface area contributed by atoms with Crippen molar-refractivity contribution in [2.24, 2.45) is 0 Å². The number of nitriles is 1. The van der Waals surface area contributed by atoms with E-state index in [0.717, 1.165) is 5.56 Å². The van der Waals surface area contributed by atoms with Crippen LogP contribution in [0, 0.1) is 11.3 Å². The normalized spacial score (nSPS) is 10.0. The molecule has 2 rings (SSSR count). The Labute approximate surface area is 114 Å². The molecule has 0 saturated heterocycles. The maximum Gasteiger partial charge on any atom is 0.189 e.